The van der Waals surface area contributed by atoms with E-state index in [0.29, 0.717) is 11.6 Å². The highest BCUT2D eigenvalue weighted by molar-refractivity contribution is 5.73. The second-order valence-corrected chi connectivity index (χ2v) is 3.18. The minimum atomic E-state index is 0.389. The van der Waals surface area contributed by atoms with Crippen molar-refractivity contribution in [3.8, 4) is 0 Å². The van der Waals surface area contributed by atoms with Crippen LogP contribution < -0.4 is 0 Å². The van der Waals surface area contributed by atoms with Crippen LogP contribution in [0.3, 0.4) is 0 Å². The third kappa shape index (κ3) is 1.76. The molecular weight excluding hydrogens is 174 g/mol. The van der Waals surface area contributed by atoms with Gasteiger partial charge in [-0.1, -0.05) is 12.1 Å². The van der Waals surface area contributed by atoms with Gasteiger partial charge >= 0.3 is 0 Å². The van der Waals surface area contributed by atoms with E-state index in [2.05, 4.69) is 16.1 Å². The molecule has 70 valence electrons. The fourth-order valence-electron chi connectivity index (χ4n) is 1.44. The van der Waals surface area contributed by atoms with Gasteiger partial charge in [-0.05, 0) is 18.1 Å². The molecule has 0 radical (unpaired) electrons. The van der Waals surface area contributed by atoms with Crippen LogP contribution in [-0.2, 0) is 0 Å². The number of nitrogens with one attached hydrogen (secondary N) is 1. The van der Waals surface area contributed by atoms with E-state index in [9.17, 15) is 0 Å². The molecule has 1 aromatic heterocycles. The summed E-state index contributed by atoms with van der Waals surface area (Å²) in [5, 5.41) is 7.04. The van der Waals surface area contributed by atoms with E-state index >= 15 is 0 Å². The quantitative estimate of drug-likeness (QED) is 0.705. The molecule has 2 heterocycles. The van der Waals surface area contributed by atoms with E-state index in [-0.39, 0.29) is 0 Å². The molecule has 1 aliphatic heterocycles. The number of aliphatic imine (C=N–C) groups is 1. The van der Waals surface area contributed by atoms with Crippen molar-refractivity contribution in [2.24, 2.45) is 4.99 Å². The van der Waals surface area contributed by atoms with Crippen LogP contribution in [0.5, 0.6) is 0 Å². The SMILES string of the molecule is N=Cc1ccc(C2C=CN=CC2)cn1. The Morgan fingerprint density at radius 3 is 2.93 bits per heavy atom. The number of rotatable bonds is 2. The largest absolute Gasteiger partial charge is 0.307 e. The fourth-order valence-corrected chi connectivity index (χ4v) is 1.44. The van der Waals surface area contributed by atoms with Gasteiger partial charge in [0, 0.05) is 30.7 Å². The van der Waals surface area contributed by atoms with E-state index in [4.69, 9.17) is 5.41 Å². The van der Waals surface area contributed by atoms with Gasteiger partial charge < -0.3 is 5.41 Å². The number of nitrogens with zero attached hydrogens (tertiary/aromatic N) is 2. The molecule has 1 N–H and O–H groups in total. The minimum absolute atomic E-state index is 0.389. The van der Waals surface area contributed by atoms with Gasteiger partial charge in [0.1, 0.15) is 0 Å². The number of aromatic nitrogens is 1. The highest BCUT2D eigenvalue weighted by Gasteiger charge is 2.08. The topological polar surface area (TPSA) is 49.1 Å². The average Bonchev–Trinajstić information content (AvgIpc) is 2.30. The van der Waals surface area contributed by atoms with Crippen molar-refractivity contribution in [2.45, 2.75) is 12.3 Å². The summed E-state index contributed by atoms with van der Waals surface area (Å²) in [4.78, 5) is 8.18. The molecular formula is C11H11N3. The van der Waals surface area contributed by atoms with Crippen LogP contribution in [-0.4, -0.2) is 17.4 Å². The molecule has 1 unspecified atom stereocenters. The Kier molecular flexibility index (Phi) is 2.49. The van der Waals surface area contributed by atoms with Crippen molar-refractivity contribution < 1.29 is 0 Å². The highest BCUT2D eigenvalue weighted by atomic mass is 14.7. The van der Waals surface area contributed by atoms with Crippen molar-refractivity contribution in [2.75, 3.05) is 0 Å². The Balaban J connectivity index is 2.20. The second kappa shape index (κ2) is 3.96. The molecule has 0 aliphatic carbocycles. The molecule has 0 aromatic carbocycles. The van der Waals surface area contributed by atoms with Crippen LogP contribution in [0.2, 0.25) is 0 Å². The van der Waals surface area contributed by atoms with Gasteiger partial charge in [0.2, 0.25) is 0 Å². The van der Waals surface area contributed by atoms with Gasteiger partial charge in [0.15, 0.2) is 0 Å². The summed E-state index contributed by atoms with van der Waals surface area (Å²) in [6.07, 6.45) is 9.81. The summed E-state index contributed by atoms with van der Waals surface area (Å²) in [6, 6.07) is 3.88. The van der Waals surface area contributed by atoms with Gasteiger partial charge in [0.25, 0.3) is 0 Å². The average molecular weight is 185 g/mol. The van der Waals surface area contributed by atoms with Gasteiger partial charge in [0.05, 0.1) is 5.69 Å². The van der Waals surface area contributed by atoms with Crippen LogP contribution in [0, 0.1) is 5.41 Å². The maximum Gasteiger partial charge on any atom is 0.0805 e. The molecule has 0 saturated carbocycles. The number of hydrogen-bond donors (Lipinski definition) is 1. The molecule has 0 spiro atoms. The summed E-state index contributed by atoms with van der Waals surface area (Å²) in [7, 11) is 0. The van der Waals surface area contributed by atoms with Gasteiger partial charge in [-0.2, -0.15) is 0 Å². The Labute approximate surface area is 82.7 Å². The van der Waals surface area contributed by atoms with E-state index in [1.165, 1.54) is 11.8 Å². The first-order chi connectivity index (χ1) is 6.90. The molecule has 14 heavy (non-hydrogen) atoms. The number of pyridine rings is 1. The zero-order valence-electron chi connectivity index (χ0n) is 7.72. The van der Waals surface area contributed by atoms with Crippen LogP contribution >= 0.6 is 0 Å². The summed E-state index contributed by atoms with van der Waals surface area (Å²) < 4.78 is 0. The monoisotopic (exact) mass is 185 g/mol. The van der Waals surface area contributed by atoms with Crippen molar-refractivity contribution in [1.29, 1.82) is 5.41 Å². The number of allylic oxidation sites excluding steroid dienone is 1. The third-order valence-corrected chi connectivity index (χ3v) is 2.25. The Morgan fingerprint density at radius 2 is 2.36 bits per heavy atom. The lowest BCUT2D eigenvalue weighted by atomic mass is 9.96. The first-order valence-electron chi connectivity index (χ1n) is 4.55. The fraction of sp³-hybridized carbons (Fsp3) is 0.182. The summed E-state index contributed by atoms with van der Waals surface area (Å²) in [5.74, 6) is 0.389. The van der Waals surface area contributed by atoms with Crippen molar-refractivity contribution in [3.63, 3.8) is 0 Å². The van der Waals surface area contributed by atoms with E-state index < -0.39 is 0 Å². The highest BCUT2D eigenvalue weighted by Crippen LogP contribution is 2.21. The van der Waals surface area contributed by atoms with Gasteiger partial charge in [-0.25, -0.2) is 0 Å². The van der Waals surface area contributed by atoms with E-state index in [0.717, 1.165) is 6.42 Å². The van der Waals surface area contributed by atoms with E-state index in [1.54, 1.807) is 0 Å². The summed E-state index contributed by atoms with van der Waals surface area (Å²) in [6.45, 7) is 0. The molecule has 0 bridgehead atoms. The van der Waals surface area contributed by atoms with Crippen molar-refractivity contribution >= 4 is 12.4 Å². The molecule has 2 rings (SSSR count). The molecule has 1 atom stereocenters. The first kappa shape index (κ1) is 8.81. The van der Waals surface area contributed by atoms with Crippen LogP contribution in [0.4, 0.5) is 0 Å². The Bertz CT molecular complexity index is 376. The molecule has 1 aliphatic rings. The predicted octanol–water partition coefficient (Wildman–Crippen LogP) is 2.15. The van der Waals surface area contributed by atoms with Crippen LogP contribution in [0.1, 0.15) is 23.6 Å². The first-order valence-corrected chi connectivity index (χ1v) is 4.55. The molecule has 1 aromatic rings. The normalized spacial score (nSPS) is 19.6. The number of hydrogen-bond acceptors (Lipinski definition) is 3. The zero-order chi connectivity index (χ0) is 9.80. The summed E-state index contributed by atoms with van der Waals surface area (Å²) in [5.41, 5.74) is 1.88. The second-order valence-electron chi connectivity index (χ2n) is 3.18. The van der Waals surface area contributed by atoms with E-state index in [1.807, 2.05) is 30.7 Å². The predicted molar refractivity (Wildman–Crippen MR) is 57.1 cm³/mol. The smallest absolute Gasteiger partial charge is 0.0805 e. The minimum Gasteiger partial charge on any atom is -0.307 e. The maximum absolute atomic E-state index is 7.04. The van der Waals surface area contributed by atoms with Crippen molar-refractivity contribution in [1.82, 2.24) is 4.98 Å². The Morgan fingerprint density at radius 1 is 1.43 bits per heavy atom. The molecule has 0 fully saturated rings. The lowest BCUT2D eigenvalue weighted by Crippen LogP contribution is -2.00. The molecule has 3 heteroatoms. The summed E-state index contributed by atoms with van der Waals surface area (Å²) >= 11 is 0. The standard InChI is InChI=1S/C11H11N3/c12-7-11-2-1-10(8-14-11)9-3-5-13-6-4-9/h1-3,5-9,12H,4H2. The third-order valence-electron chi connectivity index (χ3n) is 2.25. The lowest BCUT2D eigenvalue weighted by Gasteiger charge is -2.11. The molecule has 0 amide bonds. The maximum atomic E-state index is 7.04. The van der Waals surface area contributed by atoms with Crippen LogP contribution in [0.15, 0.2) is 35.6 Å². The molecule has 3 nitrogen and oxygen atoms in total. The Hall–Kier alpha value is -1.77. The van der Waals surface area contributed by atoms with Crippen molar-refractivity contribution in [3.05, 3.63) is 41.9 Å². The molecule has 0 saturated heterocycles. The zero-order valence-corrected chi connectivity index (χ0v) is 7.72. The van der Waals surface area contributed by atoms with Crippen LogP contribution in [0.25, 0.3) is 0 Å². The van der Waals surface area contributed by atoms with Gasteiger partial charge in [-0.3, -0.25) is 9.98 Å². The lowest BCUT2D eigenvalue weighted by molar-refractivity contribution is 0.878. The van der Waals surface area contributed by atoms with Gasteiger partial charge in [-0.15, -0.1) is 0 Å².